The fourth-order valence-corrected chi connectivity index (χ4v) is 4.96. The van der Waals surface area contributed by atoms with Crippen LogP contribution < -0.4 is 0 Å². The summed E-state index contributed by atoms with van der Waals surface area (Å²) in [5.41, 5.74) is 6.91. The molecule has 1 nitrogen and oxygen atoms in total. The Morgan fingerprint density at radius 2 is 1.07 bits per heavy atom. The molecule has 144 valence electrons. The van der Waals surface area contributed by atoms with Crippen LogP contribution in [-0.4, -0.2) is 5.78 Å². The van der Waals surface area contributed by atoms with Crippen molar-refractivity contribution >= 4 is 16.9 Å². The Balaban J connectivity index is 2.01. The van der Waals surface area contributed by atoms with E-state index < -0.39 is 5.41 Å². The van der Waals surface area contributed by atoms with Crippen LogP contribution in [-0.2, 0) is 10.2 Å². The van der Waals surface area contributed by atoms with Crippen LogP contribution in [0.25, 0.3) is 11.1 Å². The lowest BCUT2D eigenvalue weighted by Gasteiger charge is -2.36. The van der Waals surface area contributed by atoms with Gasteiger partial charge in [-0.15, -0.1) is 0 Å². The van der Waals surface area contributed by atoms with Crippen LogP contribution in [0.2, 0.25) is 0 Å². The highest BCUT2D eigenvalue weighted by Crippen LogP contribution is 2.58. The minimum Gasteiger partial charge on any atom is -0.294 e. The van der Waals surface area contributed by atoms with Crippen molar-refractivity contribution in [3.8, 4) is 0 Å². The summed E-state index contributed by atoms with van der Waals surface area (Å²) >= 11 is 0. The van der Waals surface area contributed by atoms with E-state index in [-0.39, 0.29) is 5.78 Å². The number of benzene rings is 4. The molecule has 0 saturated carbocycles. The first-order chi connectivity index (χ1) is 14.7. The van der Waals surface area contributed by atoms with Crippen molar-refractivity contribution in [2.45, 2.75) is 12.3 Å². The third kappa shape index (κ3) is 2.59. The predicted molar refractivity (Wildman–Crippen MR) is 123 cm³/mol. The summed E-state index contributed by atoms with van der Waals surface area (Å²) in [5.74, 6) is 0.0926. The zero-order chi connectivity index (χ0) is 20.6. The van der Waals surface area contributed by atoms with Gasteiger partial charge in [-0.1, -0.05) is 115 Å². The molecule has 0 radical (unpaired) electrons. The number of fused-ring (bicyclic) bond motifs is 1. The van der Waals surface area contributed by atoms with E-state index in [1.807, 2.05) is 36.4 Å². The Hall–Kier alpha value is -3.71. The quantitative estimate of drug-likeness (QED) is 0.389. The van der Waals surface area contributed by atoms with Crippen molar-refractivity contribution in [1.82, 2.24) is 0 Å². The summed E-state index contributed by atoms with van der Waals surface area (Å²) in [5, 5.41) is 0. The van der Waals surface area contributed by atoms with Crippen LogP contribution in [0.3, 0.4) is 0 Å². The molecular weight excluding hydrogens is 364 g/mol. The Bertz CT molecular complexity index is 1200. The van der Waals surface area contributed by atoms with Crippen molar-refractivity contribution in [3.05, 3.63) is 143 Å². The van der Waals surface area contributed by atoms with E-state index >= 15 is 0 Å². The van der Waals surface area contributed by atoms with E-state index in [9.17, 15) is 4.79 Å². The summed E-state index contributed by atoms with van der Waals surface area (Å²) < 4.78 is 0. The van der Waals surface area contributed by atoms with Gasteiger partial charge in [0.1, 0.15) is 0 Å². The van der Waals surface area contributed by atoms with Gasteiger partial charge in [0.25, 0.3) is 0 Å². The molecule has 0 spiro atoms. The zero-order valence-electron chi connectivity index (χ0n) is 16.9. The number of hydrogen-bond donors (Lipinski definition) is 0. The number of carbonyl (C=O) groups excluding carboxylic acids is 1. The van der Waals surface area contributed by atoms with Crippen LogP contribution in [0.4, 0.5) is 0 Å². The molecule has 0 saturated heterocycles. The number of allylic oxidation sites excluding steroid dienone is 2. The van der Waals surface area contributed by atoms with Gasteiger partial charge in [0.2, 0.25) is 0 Å². The van der Waals surface area contributed by atoms with Gasteiger partial charge >= 0.3 is 0 Å². The molecule has 0 aliphatic heterocycles. The molecule has 1 heteroatoms. The molecule has 1 aliphatic carbocycles. The molecule has 1 aliphatic rings. The monoisotopic (exact) mass is 386 g/mol. The van der Waals surface area contributed by atoms with Crippen LogP contribution in [0.1, 0.15) is 34.7 Å². The van der Waals surface area contributed by atoms with Gasteiger partial charge in [0.05, 0.1) is 5.41 Å². The van der Waals surface area contributed by atoms with Gasteiger partial charge in [-0.3, -0.25) is 4.79 Å². The summed E-state index contributed by atoms with van der Waals surface area (Å²) in [6, 6.07) is 39.8. The minimum absolute atomic E-state index is 0.0926. The average molecular weight is 386 g/mol. The Morgan fingerprint density at radius 1 is 0.600 bits per heavy atom. The third-order valence-corrected chi connectivity index (χ3v) is 6.05. The standard InChI is InChI=1S/C29H22O/c1-21(30)27-25-19-11-12-20-26(25)29(23-15-7-3-8-16-23,24-17-9-4-10-18-24)28(27)22-13-5-2-6-14-22/h2-20H,1H3. The van der Waals surface area contributed by atoms with Crippen molar-refractivity contribution in [2.24, 2.45) is 0 Å². The predicted octanol–water partition coefficient (Wildman–Crippen LogP) is 6.53. The minimum atomic E-state index is -0.554. The molecule has 0 aromatic heterocycles. The van der Waals surface area contributed by atoms with Gasteiger partial charge in [0.15, 0.2) is 5.78 Å². The molecule has 4 aromatic carbocycles. The SMILES string of the molecule is CC(=O)C1=C(c2ccccc2)C(c2ccccc2)(c2ccccc2)c2ccccc21. The molecule has 4 aromatic rings. The molecule has 0 bridgehead atoms. The van der Waals surface area contributed by atoms with Crippen LogP contribution in [0.5, 0.6) is 0 Å². The van der Waals surface area contributed by atoms with Crippen molar-refractivity contribution in [2.75, 3.05) is 0 Å². The van der Waals surface area contributed by atoms with E-state index in [1.54, 1.807) is 6.92 Å². The second-order valence-electron chi connectivity index (χ2n) is 7.70. The zero-order valence-corrected chi connectivity index (χ0v) is 16.9. The number of hydrogen-bond acceptors (Lipinski definition) is 1. The molecule has 0 unspecified atom stereocenters. The Morgan fingerprint density at radius 3 is 1.60 bits per heavy atom. The van der Waals surface area contributed by atoms with Gasteiger partial charge < -0.3 is 0 Å². The highest BCUT2D eigenvalue weighted by Gasteiger charge is 2.48. The lowest BCUT2D eigenvalue weighted by Crippen LogP contribution is -2.29. The Labute approximate surface area is 177 Å². The highest BCUT2D eigenvalue weighted by molar-refractivity contribution is 6.31. The van der Waals surface area contributed by atoms with Crippen LogP contribution in [0, 0.1) is 0 Å². The number of Topliss-reactive ketones (excluding diaryl/α,β-unsaturated/α-hetero) is 1. The molecule has 0 heterocycles. The summed E-state index contributed by atoms with van der Waals surface area (Å²) in [4.78, 5) is 13.1. The van der Waals surface area contributed by atoms with Gasteiger partial charge in [-0.05, 0) is 40.3 Å². The molecule has 5 rings (SSSR count). The first kappa shape index (κ1) is 18.3. The Kier molecular flexibility index (Phi) is 4.44. The van der Waals surface area contributed by atoms with E-state index in [1.165, 1.54) is 11.1 Å². The molecule has 0 atom stereocenters. The van der Waals surface area contributed by atoms with E-state index in [0.717, 1.165) is 27.8 Å². The number of carbonyl (C=O) groups is 1. The fraction of sp³-hybridized carbons (Fsp3) is 0.0690. The summed E-state index contributed by atoms with van der Waals surface area (Å²) in [6.45, 7) is 1.68. The van der Waals surface area contributed by atoms with Crippen molar-refractivity contribution in [3.63, 3.8) is 0 Å². The van der Waals surface area contributed by atoms with Crippen LogP contribution in [0.15, 0.2) is 115 Å². The van der Waals surface area contributed by atoms with Gasteiger partial charge in [0, 0.05) is 5.57 Å². The third-order valence-electron chi connectivity index (χ3n) is 6.05. The first-order valence-electron chi connectivity index (χ1n) is 10.3. The molecule has 0 N–H and O–H groups in total. The van der Waals surface area contributed by atoms with E-state index in [2.05, 4.69) is 78.9 Å². The van der Waals surface area contributed by atoms with Crippen molar-refractivity contribution in [1.29, 1.82) is 0 Å². The largest absolute Gasteiger partial charge is 0.294 e. The van der Waals surface area contributed by atoms with E-state index in [0.29, 0.717) is 0 Å². The van der Waals surface area contributed by atoms with Crippen LogP contribution >= 0.6 is 0 Å². The maximum atomic E-state index is 13.1. The summed E-state index contributed by atoms with van der Waals surface area (Å²) in [6.07, 6.45) is 0. The maximum Gasteiger partial charge on any atom is 0.160 e. The van der Waals surface area contributed by atoms with Gasteiger partial charge in [-0.2, -0.15) is 0 Å². The number of rotatable bonds is 4. The summed E-state index contributed by atoms with van der Waals surface area (Å²) in [7, 11) is 0. The average Bonchev–Trinajstić information content (AvgIpc) is 3.13. The lowest BCUT2D eigenvalue weighted by atomic mass is 9.65. The normalized spacial score (nSPS) is 14.4. The second kappa shape index (κ2) is 7.27. The maximum absolute atomic E-state index is 13.1. The lowest BCUT2D eigenvalue weighted by molar-refractivity contribution is -0.111. The van der Waals surface area contributed by atoms with Crippen molar-refractivity contribution < 1.29 is 4.79 Å². The first-order valence-corrected chi connectivity index (χ1v) is 10.3. The van der Waals surface area contributed by atoms with Gasteiger partial charge in [-0.25, -0.2) is 0 Å². The fourth-order valence-electron chi connectivity index (χ4n) is 4.96. The number of ketones is 1. The highest BCUT2D eigenvalue weighted by atomic mass is 16.1. The molecule has 30 heavy (non-hydrogen) atoms. The second-order valence-corrected chi connectivity index (χ2v) is 7.70. The van der Waals surface area contributed by atoms with E-state index in [4.69, 9.17) is 0 Å². The topological polar surface area (TPSA) is 17.1 Å². The molecule has 0 amide bonds. The molecule has 0 fully saturated rings. The molecular formula is C29H22O. The smallest absolute Gasteiger partial charge is 0.160 e.